The van der Waals surface area contributed by atoms with Gasteiger partial charge in [0.2, 0.25) is 0 Å². The van der Waals surface area contributed by atoms with Crippen LogP contribution in [0.5, 0.6) is 11.5 Å². The average molecular weight is 207 g/mol. The zero-order chi connectivity index (χ0) is 11.1. The predicted molar refractivity (Wildman–Crippen MR) is 61.3 cm³/mol. The van der Waals surface area contributed by atoms with Gasteiger partial charge in [-0.25, -0.2) is 0 Å². The van der Waals surface area contributed by atoms with Crippen molar-refractivity contribution in [3.05, 3.63) is 36.4 Å². The summed E-state index contributed by atoms with van der Waals surface area (Å²) in [5.41, 5.74) is 6.33. The second kappa shape index (κ2) is 6.09. The first-order chi connectivity index (χ1) is 7.22. The van der Waals surface area contributed by atoms with Crippen LogP contribution in [-0.4, -0.2) is 19.8 Å². The molecule has 0 atom stereocenters. The van der Waals surface area contributed by atoms with Crippen LogP contribution in [0.1, 0.15) is 6.92 Å². The second-order valence-corrected chi connectivity index (χ2v) is 3.35. The van der Waals surface area contributed by atoms with E-state index in [1.165, 1.54) is 0 Å². The molecule has 1 aromatic carbocycles. The van der Waals surface area contributed by atoms with Crippen LogP contribution in [0.25, 0.3) is 0 Å². The summed E-state index contributed by atoms with van der Waals surface area (Å²) in [7, 11) is 0. The monoisotopic (exact) mass is 207 g/mol. The van der Waals surface area contributed by atoms with E-state index in [2.05, 4.69) is 6.58 Å². The van der Waals surface area contributed by atoms with Gasteiger partial charge in [-0.05, 0) is 36.8 Å². The second-order valence-electron chi connectivity index (χ2n) is 3.35. The Labute approximate surface area is 90.5 Å². The summed E-state index contributed by atoms with van der Waals surface area (Å²) in [6.45, 7) is 7.29. The maximum Gasteiger partial charge on any atom is 0.120 e. The molecule has 0 aromatic heterocycles. The highest BCUT2D eigenvalue weighted by atomic mass is 16.5. The number of ether oxygens (including phenoxy) is 2. The Morgan fingerprint density at radius 2 is 1.73 bits per heavy atom. The SMILES string of the molecule is C=C(C)COc1ccc(OCCN)cc1. The Hall–Kier alpha value is -1.48. The molecule has 0 aliphatic carbocycles. The Balaban J connectivity index is 2.45. The highest BCUT2D eigenvalue weighted by Crippen LogP contribution is 2.17. The van der Waals surface area contributed by atoms with Crippen molar-refractivity contribution < 1.29 is 9.47 Å². The topological polar surface area (TPSA) is 44.5 Å². The van der Waals surface area contributed by atoms with E-state index in [-0.39, 0.29) is 0 Å². The first kappa shape index (κ1) is 11.6. The van der Waals surface area contributed by atoms with E-state index < -0.39 is 0 Å². The molecular weight excluding hydrogens is 190 g/mol. The van der Waals surface area contributed by atoms with E-state index in [1.54, 1.807) is 0 Å². The molecule has 0 aliphatic rings. The van der Waals surface area contributed by atoms with Gasteiger partial charge in [0, 0.05) is 6.54 Å². The van der Waals surface area contributed by atoms with Crippen molar-refractivity contribution in [3.8, 4) is 11.5 Å². The first-order valence-corrected chi connectivity index (χ1v) is 4.92. The number of rotatable bonds is 6. The standard InChI is InChI=1S/C12H17NO2/c1-10(2)9-15-12-5-3-11(4-6-12)14-8-7-13/h3-6H,1,7-9,13H2,2H3. The van der Waals surface area contributed by atoms with E-state index in [1.807, 2.05) is 31.2 Å². The lowest BCUT2D eigenvalue weighted by Crippen LogP contribution is -2.10. The lowest BCUT2D eigenvalue weighted by molar-refractivity contribution is 0.325. The van der Waals surface area contributed by atoms with Gasteiger partial charge in [0.1, 0.15) is 24.7 Å². The van der Waals surface area contributed by atoms with Crippen LogP contribution in [-0.2, 0) is 0 Å². The quantitative estimate of drug-likeness (QED) is 0.725. The average Bonchev–Trinajstić information content (AvgIpc) is 2.25. The van der Waals surface area contributed by atoms with Crippen LogP contribution in [0.2, 0.25) is 0 Å². The Bertz CT molecular complexity index is 306. The minimum Gasteiger partial charge on any atom is -0.492 e. The van der Waals surface area contributed by atoms with E-state index in [9.17, 15) is 0 Å². The molecule has 0 aliphatic heterocycles. The van der Waals surface area contributed by atoms with Crippen molar-refractivity contribution in [2.24, 2.45) is 5.73 Å². The molecule has 1 aromatic rings. The molecule has 82 valence electrons. The van der Waals surface area contributed by atoms with Crippen molar-refractivity contribution in [2.75, 3.05) is 19.8 Å². The van der Waals surface area contributed by atoms with Gasteiger partial charge in [-0.15, -0.1) is 0 Å². The summed E-state index contributed by atoms with van der Waals surface area (Å²) in [5.74, 6) is 1.63. The van der Waals surface area contributed by atoms with E-state index in [0.717, 1.165) is 17.1 Å². The largest absolute Gasteiger partial charge is 0.492 e. The molecule has 0 unspecified atom stereocenters. The van der Waals surface area contributed by atoms with Gasteiger partial charge < -0.3 is 15.2 Å². The highest BCUT2D eigenvalue weighted by molar-refractivity contribution is 5.31. The number of benzene rings is 1. The van der Waals surface area contributed by atoms with Gasteiger partial charge in [0.25, 0.3) is 0 Å². The Morgan fingerprint density at radius 1 is 1.20 bits per heavy atom. The smallest absolute Gasteiger partial charge is 0.120 e. The fourth-order valence-corrected chi connectivity index (χ4v) is 1.02. The zero-order valence-corrected chi connectivity index (χ0v) is 9.03. The van der Waals surface area contributed by atoms with Crippen molar-refractivity contribution in [3.63, 3.8) is 0 Å². The van der Waals surface area contributed by atoms with Crippen LogP contribution in [0.4, 0.5) is 0 Å². The molecule has 15 heavy (non-hydrogen) atoms. The molecule has 0 saturated carbocycles. The molecule has 1 rings (SSSR count). The van der Waals surface area contributed by atoms with Crippen molar-refractivity contribution >= 4 is 0 Å². The van der Waals surface area contributed by atoms with Crippen LogP contribution in [0.3, 0.4) is 0 Å². The van der Waals surface area contributed by atoms with E-state index in [0.29, 0.717) is 19.8 Å². The first-order valence-electron chi connectivity index (χ1n) is 4.92. The van der Waals surface area contributed by atoms with Crippen LogP contribution in [0, 0.1) is 0 Å². The van der Waals surface area contributed by atoms with Crippen LogP contribution < -0.4 is 15.2 Å². The molecular formula is C12H17NO2. The van der Waals surface area contributed by atoms with Gasteiger partial charge in [-0.3, -0.25) is 0 Å². The third kappa shape index (κ3) is 4.51. The molecule has 0 bridgehead atoms. The zero-order valence-electron chi connectivity index (χ0n) is 9.03. The maximum absolute atomic E-state index is 5.45. The minimum absolute atomic E-state index is 0.522. The molecule has 0 fully saturated rings. The van der Waals surface area contributed by atoms with E-state index in [4.69, 9.17) is 15.2 Å². The molecule has 0 amide bonds. The lowest BCUT2D eigenvalue weighted by Gasteiger charge is -2.07. The number of hydrogen-bond acceptors (Lipinski definition) is 3. The molecule has 0 radical (unpaired) electrons. The highest BCUT2D eigenvalue weighted by Gasteiger charge is 1.95. The fourth-order valence-electron chi connectivity index (χ4n) is 1.02. The number of nitrogens with two attached hydrogens (primary N) is 1. The summed E-state index contributed by atoms with van der Waals surface area (Å²) >= 11 is 0. The predicted octanol–water partition coefficient (Wildman–Crippen LogP) is 1.98. The maximum atomic E-state index is 5.45. The normalized spacial score (nSPS) is 9.73. The third-order valence-corrected chi connectivity index (χ3v) is 1.70. The number of hydrogen-bond donors (Lipinski definition) is 1. The van der Waals surface area contributed by atoms with Crippen LogP contribution >= 0.6 is 0 Å². The molecule has 2 N–H and O–H groups in total. The third-order valence-electron chi connectivity index (χ3n) is 1.70. The summed E-state index contributed by atoms with van der Waals surface area (Å²) in [6.07, 6.45) is 0. The van der Waals surface area contributed by atoms with Crippen molar-refractivity contribution in [1.82, 2.24) is 0 Å². The summed E-state index contributed by atoms with van der Waals surface area (Å²) in [4.78, 5) is 0. The van der Waals surface area contributed by atoms with E-state index >= 15 is 0 Å². The summed E-state index contributed by atoms with van der Waals surface area (Å²) in [6, 6.07) is 7.47. The van der Waals surface area contributed by atoms with Gasteiger partial charge in [-0.1, -0.05) is 6.58 Å². The molecule has 3 heteroatoms. The Kier molecular flexibility index (Phi) is 4.71. The summed E-state index contributed by atoms with van der Waals surface area (Å²) in [5, 5.41) is 0. The fraction of sp³-hybridized carbons (Fsp3) is 0.333. The minimum atomic E-state index is 0.522. The summed E-state index contributed by atoms with van der Waals surface area (Å²) < 4.78 is 10.8. The molecule has 3 nitrogen and oxygen atoms in total. The molecule has 0 heterocycles. The van der Waals surface area contributed by atoms with Crippen molar-refractivity contribution in [2.45, 2.75) is 6.92 Å². The van der Waals surface area contributed by atoms with Gasteiger partial charge in [0.15, 0.2) is 0 Å². The lowest BCUT2D eigenvalue weighted by atomic mass is 10.3. The van der Waals surface area contributed by atoms with Crippen molar-refractivity contribution in [1.29, 1.82) is 0 Å². The van der Waals surface area contributed by atoms with Gasteiger partial charge in [0.05, 0.1) is 0 Å². The molecule has 0 saturated heterocycles. The van der Waals surface area contributed by atoms with Gasteiger partial charge in [-0.2, -0.15) is 0 Å². The van der Waals surface area contributed by atoms with Crippen LogP contribution in [0.15, 0.2) is 36.4 Å². The Morgan fingerprint density at radius 3 is 2.20 bits per heavy atom. The molecule has 0 spiro atoms. The van der Waals surface area contributed by atoms with Gasteiger partial charge >= 0.3 is 0 Å².